The summed E-state index contributed by atoms with van der Waals surface area (Å²) in [7, 11) is 0. The van der Waals surface area contributed by atoms with E-state index in [4.69, 9.17) is 5.73 Å². The Labute approximate surface area is 60.8 Å². The number of ketones is 1. The molecule has 2 N–H and O–H groups in total. The number of fused-ring (bicyclic) bond motifs is 1. The van der Waals surface area contributed by atoms with Crippen LogP contribution in [0.2, 0.25) is 0 Å². The number of hydrogen-bond donors (Lipinski definition) is 1. The molecule has 2 saturated carbocycles. The molecule has 0 spiro atoms. The van der Waals surface area contributed by atoms with Crippen molar-refractivity contribution in [3.05, 3.63) is 0 Å². The van der Waals surface area contributed by atoms with Crippen LogP contribution in [0.1, 0.15) is 25.7 Å². The van der Waals surface area contributed by atoms with Crippen molar-refractivity contribution in [2.45, 2.75) is 31.7 Å². The van der Waals surface area contributed by atoms with Crippen LogP contribution in [0.5, 0.6) is 0 Å². The predicted molar refractivity (Wildman–Crippen MR) is 38.4 cm³/mol. The molecular formula is C8H13NO. The Hall–Kier alpha value is -0.370. The maximum absolute atomic E-state index is 10.9. The van der Waals surface area contributed by atoms with E-state index in [2.05, 4.69) is 0 Å². The topological polar surface area (TPSA) is 43.1 Å². The van der Waals surface area contributed by atoms with Crippen LogP contribution in [-0.2, 0) is 4.79 Å². The minimum atomic E-state index is 0.392. The van der Waals surface area contributed by atoms with Gasteiger partial charge in [0.25, 0.3) is 0 Å². The summed E-state index contributed by atoms with van der Waals surface area (Å²) in [5, 5.41) is 0. The van der Waals surface area contributed by atoms with E-state index in [0.717, 1.165) is 25.7 Å². The molecule has 3 atom stereocenters. The molecule has 0 saturated heterocycles. The minimum absolute atomic E-state index is 0.392. The molecule has 0 unspecified atom stereocenters. The van der Waals surface area contributed by atoms with Crippen molar-refractivity contribution in [2.24, 2.45) is 17.6 Å². The number of carbonyl (C=O) groups is 1. The molecule has 0 bridgehead atoms. The van der Waals surface area contributed by atoms with Crippen molar-refractivity contribution in [1.29, 1.82) is 0 Å². The van der Waals surface area contributed by atoms with Crippen LogP contribution >= 0.6 is 0 Å². The molecule has 2 heteroatoms. The highest BCUT2D eigenvalue weighted by atomic mass is 16.1. The summed E-state index contributed by atoms with van der Waals surface area (Å²) in [6.45, 7) is 0. The van der Waals surface area contributed by atoms with E-state index in [9.17, 15) is 4.79 Å². The third-order valence-corrected chi connectivity index (χ3v) is 2.86. The van der Waals surface area contributed by atoms with E-state index in [1.54, 1.807) is 0 Å². The fourth-order valence-corrected chi connectivity index (χ4v) is 2.43. The van der Waals surface area contributed by atoms with Crippen molar-refractivity contribution in [2.75, 3.05) is 0 Å². The van der Waals surface area contributed by atoms with Gasteiger partial charge in [-0.25, -0.2) is 0 Å². The average molecular weight is 139 g/mol. The fraction of sp³-hybridized carbons (Fsp3) is 0.875. The summed E-state index contributed by atoms with van der Waals surface area (Å²) >= 11 is 0. The van der Waals surface area contributed by atoms with Gasteiger partial charge in [0, 0.05) is 18.9 Å². The standard InChI is InChI=1S/C8H13NO/c9-7-1-5-3-8(10)4-6(5)2-7/h5-7H,1-4,9H2/t5-,6+,7-. The lowest BCUT2D eigenvalue weighted by atomic mass is 10.0. The highest BCUT2D eigenvalue weighted by molar-refractivity contribution is 5.81. The van der Waals surface area contributed by atoms with Crippen molar-refractivity contribution in [3.63, 3.8) is 0 Å². The molecule has 2 fully saturated rings. The molecule has 10 heavy (non-hydrogen) atoms. The van der Waals surface area contributed by atoms with Gasteiger partial charge in [0.2, 0.25) is 0 Å². The van der Waals surface area contributed by atoms with Gasteiger partial charge in [-0.15, -0.1) is 0 Å². The number of carbonyl (C=O) groups excluding carboxylic acids is 1. The molecular weight excluding hydrogens is 126 g/mol. The summed E-state index contributed by atoms with van der Waals surface area (Å²) in [5.74, 6) is 1.77. The summed E-state index contributed by atoms with van der Waals surface area (Å²) in [5.41, 5.74) is 5.76. The van der Waals surface area contributed by atoms with E-state index < -0.39 is 0 Å². The third kappa shape index (κ3) is 0.870. The molecule has 0 aliphatic heterocycles. The van der Waals surface area contributed by atoms with Crippen LogP contribution < -0.4 is 5.73 Å². The van der Waals surface area contributed by atoms with Crippen LogP contribution in [0.15, 0.2) is 0 Å². The summed E-state index contributed by atoms with van der Waals surface area (Å²) in [4.78, 5) is 10.9. The van der Waals surface area contributed by atoms with Gasteiger partial charge in [0.05, 0.1) is 0 Å². The normalized spacial score (nSPS) is 46.1. The molecule has 0 aromatic carbocycles. The van der Waals surface area contributed by atoms with E-state index in [-0.39, 0.29) is 0 Å². The SMILES string of the molecule is N[C@H]1C[C@H]2CC(=O)C[C@H]2C1. The van der Waals surface area contributed by atoms with Gasteiger partial charge in [0.15, 0.2) is 0 Å². The van der Waals surface area contributed by atoms with Gasteiger partial charge < -0.3 is 5.73 Å². The molecule has 2 nitrogen and oxygen atoms in total. The Morgan fingerprint density at radius 1 is 1.20 bits per heavy atom. The van der Waals surface area contributed by atoms with Gasteiger partial charge in [-0.05, 0) is 24.7 Å². The smallest absolute Gasteiger partial charge is 0.133 e. The lowest BCUT2D eigenvalue weighted by Gasteiger charge is -2.02. The zero-order valence-corrected chi connectivity index (χ0v) is 6.05. The number of Topliss-reactive ketones (excluding diaryl/α,β-unsaturated/α-hetero) is 1. The number of hydrogen-bond acceptors (Lipinski definition) is 2. The maximum atomic E-state index is 10.9. The van der Waals surface area contributed by atoms with Crippen LogP contribution in [0.3, 0.4) is 0 Å². The molecule has 0 aromatic heterocycles. The zero-order chi connectivity index (χ0) is 7.14. The van der Waals surface area contributed by atoms with E-state index in [1.165, 1.54) is 0 Å². The molecule has 56 valence electrons. The molecule has 2 aliphatic rings. The first kappa shape index (κ1) is 6.35. The molecule has 0 heterocycles. The van der Waals surface area contributed by atoms with Crippen LogP contribution in [0.4, 0.5) is 0 Å². The Kier molecular flexibility index (Phi) is 1.31. The van der Waals surface area contributed by atoms with Crippen molar-refractivity contribution >= 4 is 5.78 Å². The van der Waals surface area contributed by atoms with Crippen molar-refractivity contribution in [1.82, 2.24) is 0 Å². The quantitative estimate of drug-likeness (QED) is 0.537. The minimum Gasteiger partial charge on any atom is -0.328 e. The Balaban J connectivity index is 2.06. The lowest BCUT2D eigenvalue weighted by molar-refractivity contribution is -0.117. The highest BCUT2D eigenvalue weighted by Crippen LogP contribution is 2.41. The van der Waals surface area contributed by atoms with E-state index in [1.807, 2.05) is 0 Å². The molecule has 2 aliphatic carbocycles. The van der Waals surface area contributed by atoms with Gasteiger partial charge >= 0.3 is 0 Å². The second-order valence-electron chi connectivity index (χ2n) is 3.70. The lowest BCUT2D eigenvalue weighted by Crippen LogP contribution is -2.16. The summed E-state index contributed by atoms with van der Waals surface area (Å²) in [6.07, 6.45) is 3.82. The number of nitrogens with two attached hydrogens (primary N) is 1. The second kappa shape index (κ2) is 2.06. The van der Waals surface area contributed by atoms with Gasteiger partial charge in [0.1, 0.15) is 5.78 Å². The van der Waals surface area contributed by atoms with E-state index >= 15 is 0 Å². The third-order valence-electron chi connectivity index (χ3n) is 2.86. The van der Waals surface area contributed by atoms with E-state index in [0.29, 0.717) is 23.7 Å². The maximum Gasteiger partial charge on any atom is 0.133 e. The van der Waals surface area contributed by atoms with Crippen LogP contribution in [0.25, 0.3) is 0 Å². The van der Waals surface area contributed by atoms with Crippen LogP contribution in [-0.4, -0.2) is 11.8 Å². The molecule has 0 aromatic rings. The first-order chi connectivity index (χ1) is 4.75. The summed E-state index contributed by atoms with van der Waals surface area (Å²) < 4.78 is 0. The largest absolute Gasteiger partial charge is 0.328 e. The average Bonchev–Trinajstić information content (AvgIpc) is 2.21. The predicted octanol–water partition coefficient (Wildman–Crippen LogP) is 0.703. The molecule has 2 rings (SSSR count). The highest BCUT2D eigenvalue weighted by Gasteiger charge is 2.39. The van der Waals surface area contributed by atoms with Gasteiger partial charge in [-0.3, -0.25) is 4.79 Å². The second-order valence-corrected chi connectivity index (χ2v) is 3.70. The Morgan fingerprint density at radius 2 is 1.70 bits per heavy atom. The molecule has 0 radical (unpaired) electrons. The Morgan fingerprint density at radius 3 is 2.20 bits per heavy atom. The number of rotatable bonds is 0. The monoisotopic (exact) mass is 139 g/mol. The first-order valence-electron chi connectivity index (χ1n) is 4.03. The summed E-state index contributed by atoms with van der Waals surface area (Å²) in [6, 6.07) is 0.392. The van der Waals surface area contributed by atoms with Crippen molar-refractivity contribution in [3.8, 4) is 0 Å². The first-order valence-corrected chi connectivity index (χ1v) is 4.03. The van der Waals surface area contributed by atoms with Gasteiger partial charge in [-0.2, -0.15) is 0 Å². The molecule has 0 amide bonds. The van der Waals surface area contributed by atoms with Crippen molar-refractivity contribution < 1.29 is 4.79 Å². The zero-order valence-electron chi connectivity index (χ0n) is 6.05. The van der Waals surface area contributed by atoms with Crippen LogP contribution in [0, 0.1) is 11.8 Å². The Bertz CT molecular complexity index is 151. The van der Waals surface area contributed by atoms with Gasteiger partial charge in [-0.1, -0.05) is 0 Å². The fourth-order valence-electron chi connectivity index (χ4n) is 2.43.